The van der Waals surface area contributed by atoms with E-state index < -0.39 is 6.10 Å². The first kappa shape index (κ1) is 59.6. The number of rotatable bonds is 49. The van der Waals surface area contributed by atoms with E-state index in [2.05, 4.69) is 57.2 Å². The normalized spacial score (nSPS) is 12.2. The monoisotopic (exact) mass is 871 g/mol. The van der Waals surface area contributed by atoms with Gasteiger partial charge in [-0.15, -0.1) is 0 Å². The maximum atomic E-state index is 12.8. The number of hydrogen-bond acceptors (Lipinski definition) is 6. The van der Waals surface area contributed by atoms with Crippen LogP contribution in [-0.2, 0) is 28.6 Å². The van der Waals surface area contributed by atoms with E-state index in [-0.39, 0.29) is 31.1 Å². The standard InChI is InChI=1S/C56H102O6/c1-4-7-10-13-16-19-22-25-27-28-30-31-34-37-40-43-46-49-55(58)61-52-53(51-60-54(57)48-45-42-39-36-33-24-21-18-15-12-9-6-3)62-56(59)50-47-44-41-38-35-32-29-26-23-20-17-14-11-8-5-2/h18,21,25-27,29,53H,4-17,19-20,22-24,28,30-52H2,1-3H3/b21-18-,27-25-,29-26-. The second-order valence-corrected chi connectivity index (χ2v) is 18.1. The SMILES string of the molecule is CCCCC/C=C\CCCCCCCC(=O)OCC(COC(=O)CCCCCCCCC/C=C\CCCCCCCC)OC(=O)CCCCCCC/C=C\CCCCCCCC. The van der Waals surface area contributed by atoms with Crippen molar-refractivity contribution in [2.24, 2.45) is 0 Å². The molecule has 0 amide bonds. The minimum absolute atomic E-state index is 0.0787. The Labute approximate surface area is 385 Å². The van der Waals surface area contributed by atoms with Crippen molar-refractivity contribution in [3.8, 4) is 0 Å². The van der Waals surface area contributed by atoms with Crippen LogP contribution in [0.5, 0.6) is 0 Å². The van der Waals surface area contributed by atoms with Gasteiger partial charge in [0.2, 0.25) is 0 Å². The number of ether oxygens (including phenoxy) is 3. The van der Waals surface area contributed by atoms with E-state index in [1.165, 1.54) is 173 Å². The lowest BCUT2D eigenvalue weighted by Crippen LogP contribution is -2.30. The molecule has 0 aromatic carbocycles. The summed E-state index contributed by atoms with van der Waals surface area (Å²) in [4.78, 5) is 38.0. The smallest absolute Gasteiger partial charge is 0.306 e. The summed E-state index contributed by atoms with van der Waals surface area (Å²) in [6.07, 6.45) is 59.8. The predicted molar refractivity (Wildman–Crippen MR) is 266 cm³/mol. The van der Waals surface area contributed by atoms with Gasteiger partial charge in [0.1, 0.15) is 13.2 Å². The molecule has 0 radical (unpaired) electrons. The first-order chi connectivity index (χ1) is 30.5. The molecule has 0 heterocycles. The molecule has 6 nitrogen and oxygen atoms in total. The largest absolute Gasteiger partial charge is 0.462 e. The minimum atomic E-state index is -0.779. The Balaban J connectivity index is 4.36. The van der Waals surface area contributed by atoms with Crippen LogP contribution in [-0.4, -0.2) is 37.2 Å². The molecular formula is C56H102O6. The van der Waals surface area contributed by atoms with Crippen LogP contribution < -0.4 is 0 Å². The first-order valence-corrected chi connectivity index (χ1v) is 27.0. The summed E-state index contributed by atoms with van der Waals surface area (Å²) in [6.45, 7) is 6.61. The van der Waals surface area contributed by atoms with Gasteiger partial charge in [-0.2, -0.15) is 0 Å². The molecule has 1 atom stereocenters. The van der Waals surface area contributed by atoms with E-state index in [4.69, 9.17) is 14.2 Å². The fraction of sp³-hybridized carbons (Fsp3) is 0.839. The quantitative estimate of drug-likeness (QED) is 0.0262. The zero-order valence-corrected chi connectivity index (χ0v) is 41.4. The number of carbonyl (C=O) groups excluding carboxylic acids is 3. The van der Waals surface area contributed by atoms with E-state index in [0.29, 0.717) is 19.3 Å². The van der Waals surface area contributed by atoms with Crippen molar-refractivity contribution in [3.05, 3.63) is 36.5 Å². The van der Waals surface area contributed by atoms with E-state index in [0.717, 1.165) is 70.6 Å². The van der Waals surface area contributed by atoms with Crippen LogP contribution in [0, 0.1) is 0 Å². The van der Waals surface area contributed by atoms with Crippen LogP contribution in [0.15, 0.2) is 36.5 Å². The molecule has 0 aromatic rings. The van der Waals surface area contributed by atoms with E-state index in [1.54, 1.807) is 0 Å². The van der Waals surface area contributed by atoms with Crippen LogP contribution in [0.1, 0.15) is 284 Å². The van der Waals surface area contributed by atoms with Crippen molar-refractivity contribution >= 4 is 17.9 Å². The number of allylic oxidation sites excluding steroid dienone is 6. The summed E-state index contributed by atoms with van der Waals surface area (Å²) in [6, 6.07) is 0. The van der Waals surface area contributed by atoms with Crippen LogP contribution in [0.25, 0.3) is 0 Å². The second-order valence-electron chi connectivity index (χ2n) is 18.1. The lowest BCUT2D eigenvalue weighted by atomic mass is 10.1. The lowest BCUT2D eigenvalue weighted by Gasteiger charge is -2.18. The fourth-order valence-corrected chi connectivity index (χ4v) is 7.72. The first-order valence-electron chi connectivity index (χ1n) is 27.0. The van der Waals surface area contributed by atoms with Gasteiger partial charge in [-0.05, 0) is 96.3 Å². The van der Waals surface area contributed by atoms with Gasteiger partial charge in [0.05, 0.1) is 0 Å². The molecule has 6 heteroatoms. The van der Waals surface area contributed by atoms with Gasteiger partial charge < -0.3 is 14.2 Å². The zero-order valence-electron chi connectivity index (χ0n) is 41.4. The number of esters is 3. The molecule has 0 fully saturated rings. The van der Waals surface area contributed by atoms with Crippen molar-refractivity contribution in [2.75, 3.05) is 13.2 Å². The van der Waals surface area contributed by atoms with Gasteiger partial charge in [-0.25, -0.2) is 0 Å². The maximum Gasteiger partial charge on any atom is 0.306 e. The van der Waals surface area contributed by atoms with Crippen molar-refractivity contribution < 1.29 is 28.6 Å². The predicted octanol–water partition coefficient (Wildman–Crippen LogP) is 17.7. The average molecular weight is 871 g/mol. The topological polar surface area (TPSA) is 78.9 Å². The molecule has 0 aliphatic heterocycles. The van der Waals surface area contributed by atoms with Crippen LogP contribution >= 0.6 is 0 Å². The molecule has 0 rings (SSSR count). The molecule has 0 aliphatic carbocycles. The third-order valence-electron chi connectivity index (χ3n) is 11.8. The maximum absolute atomic E-state index is 12.8. The number of hydrogen-bond donors (Lipinski definition) is 0. The number of carbonyl (C=O) groups is 3. The van der Waals surface area contributed by atoms with Crippen LogP contribution in [0.2, 0.25) is 0 Å². The summed E-state index contributed by atoms with van der Waals surface area (Å²) in [5.41, 5.74) is 0. The van der Waals surface area contributed by atoms with Crippen LogP contribution in [0.3, 0.4) is 0 Å². The highest BCUT2D eigenvalue weighted by Crippen LogP contribution is 2.15. The Morgan fingerprint density at radius 3 is 0.839 bits per heavy atom. The molecule has 0 bridgehead atoms. The molecule has 1 unspecified atom stereocenters. The van der Waals surface area contributed by atoms with E-state index >= 15 is 0 Å². The molecule has 0 aliphatic rings. The molecule has 0 aromatic heterocycles. The van der Waals surface area contributed by atoms with Gasteiger partial charge >= 0.3 is 17.9 Å². The number of unbranched alkanes of at least 4 members (excludes halogenated alkanes) is 32. The average Bonchev–Trinajstić information content (AvgIpc) is 3.27. The van der Waals surface area contributed by atoms with E-state index in [1.807, 2.05) is 0 Å². The van der Waals surface area contributed by atoms with Gasteiger partial charge in [0, 0.05) is 19.3 Å². The van der Waals surface area contributed by atoms with E-state index in [9.17, 15) is 14.4 Å². The van der Waals surface area contributed by atoms with Crippen molar-refractivity contribution in [3.63, 3.8) is 0 Å². The second kappa shape index (κ2) is 51.3. The highest BCUT2D eigenvalue weighted by Gasteiger charge is 2.19. The molecule has 0 saturated carbocycles. The Bertz CT molecular complexity index is 1050. The highest BCUT2D eigenvalue weighted by molar-refractivity contribution is 5.71. The highest BCUT2D eigenvalue weighted by atomic mass is 16.6. The molecule has 362 valence electrons. The summed E-state index contributed by atoms with van der Waals surface area (Å²) in [5.74, 6) is -0.890. The van der Waals surface area contributed by atoms with Gasteiger partial charge in [0.15, 0.2) is 6.10 Å². The summed E-state index contributed by atoms with van der Waals surface area (Å²) >= 11 is 0. The molecule has 0 saturated heterocycles. The third kappa shape index (κ3) is 48.7. The Hall–Kier alpha value is -2.37. The lowest BCUT2D eigenvalue weighted by molar-refractivity contribution is -0.167. The van der Waals surface area contributed by atoms with Gasteiger partial charge in [-0.1, -0.05) is 205 Å². The van der Waals surface area contributed by atoms with Crippen molar-refractivity contribution in [2.45, 2.75) is 290 Å². The van der Waals surface area contributed by atoms with Crippen molar-refractivity contribution in [1.82, 2.24) is 0 Å². The summed E-state index contributed by atoms with van der Waals surface area (Å²) in [5, 5.41) is 0. The molecule has 0 spiro atoms. The Morgan fingerprint density at radius 1 is 0.306 bits per heavy atom. The zero-order chi connectivity index (χ0) is 45.1. The van der Waals surface area contributed by atoms with Gasteiger partial charge in [0.25, 0.3) is 0 Å². The summed E-state index contributed by atoms with van der Waals surface area (Å²) in [7, 11) is 0. The fourth-order valence-electron chi connectivity index (χ4n) is 7.72. The van der Waals surface area contributed by atoms with Crippen LogP contribution in [0.4, 0.5) is 0 Å². The van der Waals surface area contributed by atoms with Gasteiger partial charge in [-0.3, -0.25) is 14.4 Å². The Morgan fingerprint density at radius 2 is 0.532 bits per heavy atom. The molecule has 62 heavy (non-hydrogen) atoms. The molecular weight excluding hydrogens is 769 g/mol. The minimum Gasteiger partial charge on any atom is -0.462 e. The Kier molecular flexibility index (Phi) is 49.3. The summed E-state index contributed by atoms with van der Waals surface area (Å²) < 4.78 is 16.8. The third-order valence-corrected chi connectivity index (χ3v) is 11.8. The van der Waals surface area contributed by atoms with Crippen molar-refractivity contribution in [1.29, 1.82) is 0 Å². The molecule has 0 N–H and O–H groups in total.